The standard InChI is InChI=1S/C22H23FO2/c1-2-21(24)20-14-17(15-6-4-3-5-7-15)10-13-19(20)22(25)16-8-11-18(23)12-9-16/h3-9,11-12,17,19-20H,2,10,13-14H2,1H3/t17-,19?,20-/m1/s1. The Morgan fingerprint density at radius 3 is 2.28 bits per heavy atom. The predicted octanol–water partition coefficient (Wildman–Crippen LogP) is 5.19. The molecule has 3 atom stereocenters. The lowest BCUT2D eigenvalue weighted by Gasteiger charge is -2.34. The molecule has 0 saturated heterocycles. The van der Waals surface area contributed by atoms with E-state index in [4.69, 9.17) is 0 Å². The number of halogens is 1. The molecule has 1 fully saturated rings. The fourth-order valence-corrected chi connectivity index (χ4v) is 3.96. The van der Waals surface area contributed by atoms with Crippen molar-refractivity contribution in [3.05, 3.63) is 71.5 Å². The summed E-state index contributed by atoms with van der Waals surface area (Å²) in [5, 5.41) is 0. The SMILES string of the molecule is CCC(=O)[C@@H]1C[C@H](c2ccccc2)CCC1C(=O)c1ccc(F)cc1. The van der Waals surface area contributed by atoms with Crippen LogP contribution in [0.25, 0.3) is 0 Å². The number of ketones is 2. The Morgan fingerprint density at radius 1 is 0.960 bits per heavy atom. The molecule has 130 valence electrons. The Morgan fingerprint density at radius 2 is 1.64 bits per heavy atom. The lowest BCUT2D eigenvalue weighted by molar-refractivity contribution is -0.124. The first-order chi connectivity index (χ1) is 12.1. The van der Waals surface area contributed by atoms with E-state index >= 15 is 0 Å². The van der Waals surface area contributed by atoms with E-state index in [2.05, 4.69) is 12.1 Å². The third kappa shape index (κ3) is 3.87. The summed E-state index contributed by atoms with van der Waals surface area (Å²) in [6, 6.07) is 15.9. The second-order valence-corrected chi connectivity index (χ2v) is 6.82. The Hall–Kier alpha value is -2.29. The summed E-state index contributed by atoms with van der Waals surface area (Å²) >= 11 is 0. The molecular formula is C22H23FO2. The molecule has 0 aliphatic heterocycles. The van der Waals surface area contributed by atoms with Gasteiger partial charge < -0.3 is 0 Å². The van der Waals surface area contributed by atoms with Crippen molar-refractivity contribution in [2.45, 2.75) is 38.5 Å². The molecule has 1 saturated carbocycles. The maximum absolute atomic E-state index is 13.1. The molecular weight excluding hydrogens is 315 g/mol. The molecule has 0 N–H and O–H groups in total. The topological polar surface area (TPSA) is 34.1 Å². The monoisotopic (exact) mass is 338 g/mol. The Balaban J connectivity index is 1.83. The Bertz CT molecular complexity index is 736. The second-order valence-electron chi connectivity index (χ2n) is 6.82. The van der Waals surface area contributed by atoms with Crippen LogP contribution in [-0.4, -0.2) is 11.6 Å². The molecule has 3 heteroatoms. The van der Waals surface area contributed by atoms with Crippen molar-refractivity contribution in [3.63, 3.8) is 0 Å². The summed E-state index contributed by atoms with van der Waals surface area (Å²) in [7, 11) is 0. The van der Waals surface area contributed by atoms with Gasteiger partial charge in [0.05, 0.1) is 0 Å². The van der Waals surface area contributed by atoms with Gasteiger partial charge in [-0.25, -0.2) is 4.39 Å². The van der Waals surface area contributed by atoms with E-state index in [0.29, 0.717) is 30.7 Å². The zero-order valence-corrected chi connectivity index (χ0v) is 14.5. The number of rotatable bonds is 5. The van der Waals surface area contributed by atoms with Gasteiger partial charge in [-0.05, 0) is 55.0 Å². The number of hydrogen-bond donors (Lipinski definition) is 0. The fourth-order valence-electron chi connectivity index (χ4n) is 3.96. The molecule has 2 nitrogen and oxygen atoms in total. The molecule has 0 radical (unpaired) electrons. The van der Waals surface area contributed by atoms with E-state index in [9.17, 15) is 14.0 Å². The highest BCUT2D eigenvalue weighted by Crippen LogP contribution is 2.41. The highest BCUT2D eigenvalue weighted by Gasteiger charge is 2.38. The van der Waals surface area contributed by atoms with Gasteiger partial charge in [0.2, 0.25) is 0 Å². The molecule has 0 heterocycles. The third-order valence-electron chi connectivity index (χ3n) is 5.35. The fraction of sp³-hybridized carbons (Fsp3) is 0.364. The first-order valence-corrected chi connectivity index (χ1v) is 8.97. The van der Waals surface area contributed by atoms with Gasteiger partial charge in [-0.1, -0.05) is 37.3 Å². The number of carbonyl (C=O) groups excluding carboxylic acids is 2. The first kappa shape index (κ1) is 17.5. The van der Waals surface area contributed by atoms with Crippen molar-refractivity contribution in [2.75, 3.05) is 0 Å². The number of benzene rings is 2. The third-order valence-corrected chi connectivity index (χ3v) is 5.35. The zero-order valence-electron chi connectivity index (χ0n) is 14.5. The van der Waals surface area contributed by atoms with Crippen molar-refractivity contribution in [1.29, 1.82) is 0 Å². The second kappa shape index (κ2) is 7.73. The van der Waals surface area contributed by atoms with Crippen LogP contribution < -0.4 is 0 Å². The van der Waals surface area contributed by atoms with Gasteiger partial charge in [-0.3, -0.25) is 9.59 Å². The summed E-state index contributed by atoms with van der Waals surface area (Å²) in [5.74, 6) is -0.455. The summed E-state index contributed by atoms with van der Waals surface area (Å²) in [6.45, 7) is 1.86. The van der Waals surface area contributed by atoms with Gasteiger partial charge in [0.1, 0.15) is 11.6 Å². The minimum Gasteiger partial charge on any atom is -0.299 e. The van der Waals surface area contributed by atoms with Gasteiger partial charge in [0.15, 0.2) is 5.78 Å². The molecule has 3 rings (SSSR count). The number of carbonyl (C=O) groups is 2. The summed E-state index contributed by atoms with van der Waals surface area (Å²) in [6.07, 6.45) is 2.76. The van der Waals surface area contributed by atoms with Crippen LogP contribution in [0.2, 0.25) is 0 Å². The van der Waals surface area contributed by atoms with E-state index in [1.54, 1.807) is 0 Å². The maximum atomic E-state index is 13.1. The number of Topliss-reactive ketones (excluding diaryl/α,β-unsaturated/α-hetero) is 2. The average Bonchev–Trinajstić information content (AvgIpc) is 2.67. The molecule has 1 aliphatic carbocycles. The lowest BCUT2D eigenvalue weighted by Crippen LogP contribution is -2.35. The van der Waals surface area contributed by atoms with Crippen LogP contribution in [0.1, 0.15) is 54.4 Å². The average molecular weight is 338 g/mol. The molecule has 2 aromatic rings. The van der Waals surface area contributed by atoms with Crippen LogP contribution >= 0.6 is 0 Å². The quantitative estimate of drug-likeness (QED) is 0.703. The van der Waals surface area contributed by atoms with Crippen molar-refractivity contribution >= 4 is 11.6 Å². The Labute approximate surface area is 148 Å². The van der Waals surface area contributed by atoms with Crippen LogP contribution in [0.3, 0.4) is 0 Å². The Kier molecular flexibility index (Phi) is 5.42. The zero-order chi connectivity index (χ0) is 17.8. The molecule has 25 heavy (non-hydrogen) atoms. The van der Waals surface area contributed by atoms with Gasteiger partial charge in [-0.2, -0.15) is 0 Å². The number of hydrogen-bond acceptors (Lipinski definition) is 2. The highest BCUT2D eigenvalue weighted by atomic mass is 19.1. The van der Waals surface area contributed by atoms with E-state index < -0.39 is 0 Å². The van der Waals surface area contributed by atoms with Crippen molar-refractivity contribution in [1.82, 2.24) is 0 Å². The minimum atomic E-state index is -0.356. The van der Waals surface area contributed by atoms with Crippen LogP contribution in [0.4, 0.5) is 4.39 Å². The molecule has 0 bridgehead atoms. The maximum Gasteiger partial charge on any atom is 0.166 e. The van der Waals surface area contributed by atoms with Crippen molar-refractivity contribution < 1.29 is 14.0 Å². The van der Waals surface area contributed by atoms with E-state index in [1.165, 1.54) is 29.8 Å². The molecule has 2 aromatic carbocycles. The van der Waals surface area contributed by atoms with Crippen molar-refractivity contribution in [3.8, 4) is 0 Å². The summed E-state index contributed by atoms with van der Waals surface area (Å²) < 4.78 is 13.1. The predicted molar refractivity (Wildman–Crippen MR) is 96.0 cm³/mol. The van der Waals surface area contributed by atoms with Crippen LogP contribution in [0.5, 0.6) is 0 Å². The largest absolute Gasteiger partial charge is 0.299 e. The normalized spacial score (nSPS) is 23.2. The minimum absolute atomic E-state index is 0.0293. The molecule has 0 spiro atoms. The highest BCUT2D eigenvalue weighted by molar-refractivity contribution is 6.00. The van der Waals surface area contributed by atoms with Gasteiger partial charge in [0.25, 0.3) is 0 Å². The summed E-state index contributed by atoms with van der Waals surface area (Å²) in [4.78, 5) is 25.4. The summed E-state index contributed by atoms with van der Waals surface area (Å²) in [5.41, 5.74) is 1.74. The lowest BCUT2D eigenvalue weighted by atomic mass is 9.67. The van der Waals surface area contributed by atoms with Crippen LogP contribution in [-0.2, 0) is 4.79 Å². The van der Waals surface area contributed by atoms with Crippen molar-refractivity contribution in [2.24, 2.45) is 11.8 Å². The van der Waals surface area contributed by atoms with E-state index in [1.807, 2.05) is 25.1 Å². The van der Waals surface area contributed by atoms with Crippen LogP contribution in [0.15, 0.2) is 54.6 Å². The van der Waals surface area contributed by atoms with E-state index in [-0.39, 0.29) is 29.2 Å². The van der Waals surface area contributed by atoms with Gasteiger partial charge in [-0.15, -0.1) is 0 Å². The molecule has 1 aliphatic rings. The first-order valence-electron chi connectivity index (χ1n) is 8.97. The van der Waals surface area contributed by atoms with Crippen LogP contribution in [0, 0.1) is 17.7 Å². The molecule has 0 aromatic heterocycles. The molecule has 0 amide bonds. The van der Waals surface area contributed by atoms with Gasteiger partial charge in [0, 0.05) is 23.8 Å². The smallest absolute Gasteiger partial charge is 0.166 e. The molecule has 1 unspecified atom stereocenters. The van der Waals surface area contributed by atoms with Gasteiger partial charge >= 0.3 is 0 Å². The van der Waals surface area contributed by atoms with E-state index in [0.717, 1.165) is 6.42 Å².